The van der Waals surface area contributed by atoms with Crippen molar-refractivity contribution in [3.8, 4) is 0 Å². The van der Waals surface area contributed by atoms with E-state index in [-0.39, 0.29) is 17.6 Å². The SMILES string of the molecule is C=C/C(=C\C=C\F)CC1=CC2C(CC)=C3CN(NC)C(=O)C3=C(O)C2N=C1. The van der Waals surface area contributed by atoms with Crippen LogP contribution in [0.15, 0.2) is 75.8 Å². The lowest BCUT2D eigenvalue weighted by Crippen LogP contribution is -2.36. The number of allylic oxidation sites excluding steroid dienone is 5. The third kappa shape index (κ3) is 3.32. The number of carbonyl (C=O) groups excluding carboxylic acids is 1. The number of halogens is 1. The molecule has 6 heteroatoms. The first-order valence-corrected chi connectivity index (χ1v) is 9.02. The fourth-order valence-corrected chi connectivity index (χ4v) is 3.94. The van der Waals surface area contributed by atoms with Crippen LogP contribution >= 0.6 is 0 Å². The predicted octanol–water partition coefficient (Wildman–Crippen LogP) is 3.48. The van der Waals surface area contributed by atoms with Gasteiger partial charge in [-0.15, -0.1) is 0 Å². The van der Waals surface area contributed by atoms with Gasteiger partial charge in [-0.05, 0) is 35.6 Å². The van der Waals surface area contributed by atoms with Gasteiger partial charge < -0.3 is 5.11 Å². The first-order chi connectivity index (χ1) is 13.0. The van der Waals surface area contributed by atoms with Crippen LogP contribution in [0.25, 0.3) is 0 Å². The van der Waals surface area contributed by atoms with E-state index in [0.717, 1.165) is 28.7 Å². The topological polar surface area (TPSA) is 64.9 Å². The summed E-state index contributed by atoms with van der Waals surface area (Å²) in [4.78, 5) is 17.1. The molecule has 1 saturated heterocycles. The van der Waals surface area contributed by atoms with E-state index in [1.165, 1.54) is 11.1 Å². The summed E-state index contributed by atoms with van der Waals surface area (Å²) in [7, 11) is 1.69. The molecule has 3 rings (SSSR count). The average molecular weight is 369 g/mol. The molecule has 2 atom stereocenters. The molecule has 0 aromatic carbocycles. The molecular weight excluding hydrogens is 345 g/mol. The molecule has 3 aliphatic rings. The van der Waals surface area contributed by atoms with Crippen LogP contribution in [0.1, 0.15) is 19.8 Å². The van der Waals surface area contributed by atoms with Gasteiger partial charge in [-0.2, -0.15) is 0 Å². The Kier molecular flexibility index (Phi) is 5.56. The van der Waals surface area contributed by atoms with Crippen LogP contribution in [0.3, 0.4) is 0 Å². The van der Waals surface area contributed by atoms with Gasteiger partial charge in [0.05, 0.1) is 18.4 Å². The van der Waals surface area contributed by atoms with E-state index in [1.54, 1.807) is 25.4 Å². The number of amides is 1. The molecule has 0 saturated carbocycles. The minimum Gasteiger partial charge on any atom is -0.509 e. The third-order valence-corrected chi connectivity index (χ3v) is 5.24. The molecule has 2 N–H and O–H groups in total. The number of rotatable bonds is 6. The number of carbonyl (C=O) groups is 1. The summed E-state index contributed by atoms with van der Waals surface area (Å²) in [6, 6.07) is -0.467. The molecule has 0 aromatic heterocycles. The molecule has 0 bridgehead atoms. The van der Waals surface area contributed by atoms with Crippen molar-refractivity contribution >= 4 is 12.1 Å². The summed E-state index contributed by atoms with van der Waals surface area (Å²) < 4.78 is 12.3. The number of dihydropyridines is 1. The summed E-state index contributed by atoms with van der Waals surface area (Å²) in [5.74, 6) is -0.253. The number of nitrogens with one attached hydrogen (secondary N) is 1. The maximum atomic E-state index is 12.6. The van der Waals surface area contributed by atoms with Crippen LogP contribution in [0.5, 0.6) is 0 Å². The van der Waals surface area contributed by atoms with E-state index in [9.17, 15) is 14.3 Å². The number of nitrogens with zero attached hydrogens (tertiary/aromatic N) is 2. The molecule has 2 heterocycles. The number of hydrogen-bond acceptors (Lipinski definition) is 4. The van der Waals surface area contributed by atoms with E-state index in [4.69, 9.17) is 0 Å². The Morgan fingerprint density at radius 1 is 1.56 bits per heavy atom. The number of hydrogen-bond donors (Lipinski definition) is 2. The predicted molar refractivity (Wildman–Crippen MR) is 105 cm³/mol. The Balaban J connectivity index is 1.98. The average Bonchev–Trinajstić information content (AvgIpc) is 3.02. The van der Waals surface area contributed by atoms with Crippen LogP contribution in [0, 0.1) is 5.92 Å². The molecule has 0 aromatic rings. The van der Waals surface area contributed by atoms with Gasteiger partial charge in [-0.25, -0.2) is 9.82 Å². The smallest absolute Gasteiger partial charge is 0.272 e. The van der Waals surface area contributed by atoms with Gasteiger partial charge in [0, 0.05) is 19.2 Å². The Bertz CT molecular complexity index is 845. The fraction of sp³-hybridized carbons (Fsp3) is 0.333. The maximum Gasteiger partial charge on any atom is 0.272 e. The van der Waals surface area contributed by atoms with Crippen molar-refractivity contribution < 1.29 is 14.3 Å². The summed E-state index contributed by atoms with van der Waals surface area (Å²) in [6.07, 6.45) is 10.3. The fourth-order valence-electron chi connectivity index (χ4n) is 3.94. The van der Waals surface area contributed by atoms with Gasteiger partial charge in [0.25, 0.3) is 5.91 Å². The van der Waals surface area contributed by atoms with Gasteiger partial charge in [0.1, 0.15) is 11.8 Å². The Labute approximate surface area is 158 Å². The van der Waals surface area contributed by atoms with E-state index in [1.807, 2.05) is 0 Å². The van der Waals surface area contributed by atoms with E-state index >= 15 is 0 Å². The second kappa shape index (κ2) is 7.88. The normalized spacial score (nSPS) is 25.3. The van der Waals surface area contributed by atoms with Crippen molar-refractivity contribution in [2.24, 2.45) is 10.9 Å². The lowest BCUT2D eigenvalue weighted by Gasteiger charge is -2.32. The summed E-state index contributed by atoms with van der Waals surface area (Å²) in [6.45, 7) is 6.26. The second-order valence-electron chi connectivity index (χ2n) is 6.66. The molecule has 27 heavy (non-hydrogen) atoms. The van der Waals surface area contributed by atoms with Crippen LogP contribution in [0.2, 0.25) is 0 Å². The van der Waals surface area contributed by atoms with Crippen molar-refractivity contribution in [3.63, 3.8) is 0 Å². The quantitative estimate of drug-likeness (QED) is 0.705. The lowest BCUT2D eigenvalue weighted by atomic mass is 9.76. The van der Waals surface area contributed by atoms with Crippen LogP contribution < -0.4 is 5.43 Å². The van der Waals surface area contributed by atoms with Gasteiger partial charge in [0.15, 0.2) is 0 Å². The van der Waals surface area contributed by atoms with E-state index < -0.39 is 6.04 Å². The summed E-state index contributed by atoms with van der Waals surface area (Å²) in [5.41, 5.74) is 7.13. The second-order valence-corrected chi connectivity index (χ2v) is 6.66. The zero-order chi connectivity index (χ0) is 19.6. The minimum absolute atomic E-state index is 0.0429. The Morgan fingerprint density at radius 3 is 2.96 bits per heavy atom. The van der Waals surface area contributed by atoms with E-state index in [0.29, 0.717) is 24.9 Å². The largest absolute Gasteiger partial charge is 0.509 e. The monoisotopic (exact) mass is 369 g/mol. The Morgan fingerprint density at radius 2 is 2.33 bits per heavy atom. The molecule has 1 fully saturated rings. The van der Waals surface area contributed by atoms with Crippen LogP contribution in [-0.4, -0.2) is 41.9 Å². The molecule has 1 amide bonds. The van der Waals surface area contributed by atoms with Crippen LogP contribution in [-0.2, 0) is 4.79 Å². The molecule has 2 unspecified atom stereocenters. The number of fused-ring (bicyclic) bond motifs is 2. The van der Waals surface area contributed by atoms with Crippen molar-refractivity contribution in [1.82, 2.24) is 10.4 Å². The zero-order valence-electron chi connectivity index (χ0n) is 15.6. The molecule has 142 valence electrons. The Hall–Kier alpha value is -2.73. The molecule has 0 radical (unpaired) electrons. The number of hydrazine groups is 1. The standard InChI is InChI=1S/C21H24FN3O2/c1-4-13(7-6-8-22)9-14-10-16-15(5-2)17-12-25(23-3)21(27)18(17)20(26)19(16)24-11-14/h4,6-8,10-11,16,19,23,26H,1,5,9,12H2,2-3H3/b8-6+,13-7+. The maximum absolute atomic E-state index is 12.6. The molecular formula is C21H24FN3O2. The first-order valence-electron chi connectivity index (χ1n) is 9.02. The van der Waals surface area contributed by atoms with Gasteiger partial charge in [-0.1, -0.05) is 37.3 Å². The highest BCUT2D eigenvalue weighted by Crippen LogP contribution is 2.43. The molecule has 0 spiro atoms. The number of aliphatic hydroxyl groups excluding tert-OH is 1. The van der Waals surface area contributed by atoms with Crippen molar-refractivity contribution in [2.75, 3.05) is 13.6 Å². The zero-order valence-corrected chi connectivity index (χ0v) is 15.6. The number of aliphatic hydroxyl groups is 1. The highest BCUT2D eigenvalue weighted by atomic mass is 19.1. The van der Waals surface area contributed by atoms with Crippen LogP contribution in [0.4, 0.5) is 4.39 Å². The lowest BCUT2D eigenvalue weighted by molar-refractivity contribution is -0.127. The number of aliphatic imine (C=N–C) groups is 1. The van der Waals surface area contributed by atoms with Gasteiger partial charge in [-0.3, -0.25) is 14.8 Å². The molecule has 1 aliphatic carbocycles. The minimum atomic E-state index is -0.467. The molecule has 2 aliphatic heterocycles. The highest BCUT2D eigenvalue weighted by molar-refractivity contribution is 6.02. The van der Waals surface area contributed by atoms with Crippen molar-refractivity contribution in [1.29, 1.82) is 0 Å². The van der Waals surface area contributed by atoms with Gasteiger partial charge in [0.2, 0.25) is 0 Å². The summed E-state index contributed by atoms with van der Waals surface area (Å²) in [5, 5.41) is 12.3. The summed E-state index contributed by atoms with van der Waals surface area (Å²) >= 11 is 0. The van der Waals surface area contributed by atoms with Crippen molar-refractivity contribution in [3.05, 3.63) is 70.8 Å². The molecule has 5 nitrogen and oxygen atoms in total. The first kappa shape index (κ1) is 19.0. The third-order valence-electron chi connectivity index (χ3n) is 5.24. The highest BCUT2D eigenvalue weighted by Gasteiger charge is 2.44. The van der Waals surface area contributed by atoms with E-state index in [2.05, 4.69) is 30.0 Å². The van der Waals surface area contributed by atoms with Crippen molar-refractivity contribution in [2.45, 2.75) is 25.8 Å². The van der Waals surface area contributed by atoms with Gasteiger partial charge >= 0.3 is 0 Å².